The third kappa shape index (κ3) is 5.72. The summed E-state index contributed by atoms with van der Waals surface area (Å²) in [4.78, 5) is 37.5. The Morgan fingerprint density at radius 2 is 1.85 bits per heavy atom. The molecule has 1 rings (SSSR count). The summed E-state index contributed by atoms with van der Waals surface area (Å²) < 4.78 is 0.643. The van der Waals surface area contributed by atoms with E-state index < -0.39 is 29.5 Å². The second-order valence-electron chi connectivity index (χ2n) is 7.51. The lowest BCUT2D eigenvalue weighted by atomic mass is 9.96. The van der Waals surface area contributed by atoms with Crippen LogP contribution in [0, 0.1) is 5.92 Å². The summed E-state index contributed by atoms with van der Waals surface area (Å²) >= 11 is 3.25. The molecule has 0 aliphatic rings. The highest BCUT2D eigenvalue weighted by Gasteiger charge is 2.38. The largest absolute Gasteiger partial charge is 0.465 e. The lowest BCUT2D eigenvalue weighted by Crippen LogP contribution is -2.56. The molecule has 0 heterocycles. The molecule has 0 saturated heterocycles. The van der Waals surface area contributed by atoms with Crippen molar-refractivity contribution in [2.24, 2.45) is 11.7 Å². The Morgan fingerprint density at radius 1 is 1.27 bits per heavy atom. The molecule has 0 unspecified atom stereocenters. The Hall–Kier alpha value is -2.09. The van der Waals surface area contributed by atoms with Gasteiger partial charge in [0.2, 0.25) is 5.91 Å². The van der Waals surface area contributed by atoms with E-state index >= 15 is 0 Å². The average Bonchev–Trinajstić information content (AvgIpc) is 2.45. The van der Waals surface area contributed by atoms with Crippen LogP contribution in [0.25, 0.3) is 0 Å². The molecule has 1 aromatic carbocycles. The molecule has 0 radical (unpaired) electrons. The van der Waals surface area contributed by atoms with E-state index in [9.17, 15) is 19.5 Å². The van der Waals surface area contributed by atoms with Gasteiger partial charge in [0.1, 0.15) is 6.04 Å². The summed E-state index contributed by atoms with van der Waals surface area (Å²) in [7, 11) is 0. The number of benzene rings is 1. The summed E-state index contributed by atoms with van der Waals surface area (Å²) in [5.74, 6) is -1.09. The highest BCUT2D eigenvalue weighted by atomic mass is 79.9. The van der Waals surface area contributed by atoms with E-state index in [0.29, 0.717) is 10.9 Å². The number of hydrogen-bond donors (Lipinski definition) is 3. The second kappa shape index (κ2) is 8.53. The minimum absolute atomic E-state index is 0.0930. The first-order valence-electron chi connectivity index (χ1n) is 8.27. The fraction of sp³-hybridized carbons (Fsp3) is 0.500. The predicted octanol–water partition coefficient (Wildman–Crippen LogP) is 3.68. The van der Waals surface area contributed by atoms with Crippen LogP contribution in [0.1, 0.15) is 51.4 Å². The molecular formula is C18H26BrN3O4. The highest BCUT2D eigenvalue weighted by molar-refractivity contribution is 9.10. The van der Waals surface area contributed by atoms with Crippen LogP contribution >= 0.6 is 15.9 Å². The number of nitrogens with one attached hydrogen (secondary N) is 1. The molecule has 1 aromatic rings. The molecule has 0 spiro atoms. The van der Waals surface area contributed by atoms with Crippen LogP contribution in [-0.4, -0.2) is 39.5 Å². The van der Waals surface area contributed by atoms with Crippen LogP contribution in [-0.2, 0) is 4.79 Å². The number of hydrogen-bond acceptors (Lipinski definition) is 3. The maximum Gasteiger partial charge on any atom is 0.408 e. The first-order valence-corrected chi connectivity index (χ1v) is 9.06. The highest BCUT2D eigenvalue weighted by Crippen LogP contribution is 2.25. The Morgan fingerprint density at radius 3 is 2.27 bits per heavy atom. The minimum atomic E-state index is -1.18. The number of carbonyl (C=O) groups excluding carboxylic acids is 2. The molecule has 8 heteroatoms. The first kappa shape index (κ1) is 22.0. The standard InChI is InChI=1S/C18H26BrN3O4/c1-10(2)8-14(22(17(25)26)18(3,4)5)16(24)21-13-7-6-11(19)9-12(13)15(20)23/h6-7,9-10,14H,8H2,1-5H3,(H2,20,23)(H,21,24)(H,25,26)/t14-/m1/s1. The van der Waals surface area contributed by atoms with Gasteiger partial charge in [-0.25, -0.2) is 4.79 Å². The molecule has 0 saturated carbocycles. The van der Waals surface area contributed by atoms with Gasteiger partial charge in [-0.2, -0.15) is 0 Å². The Balaban J connectivity index is 3.27. The van der Waals surface area contributed by atoms with Gasteiger partial charge in [0.25, 0.3) is 5.91 Å². The van der Waals surface area contributed by atoms with Crippen molar-refractivity contribution >= 4 is 39.5 Å². The number of nitrogens with zero attached hydrogens (tertiary/aromatic N) is 1. The number of rotatable bonds is 6. The number of nitrogens with two attached hydrogens (primary N) is 1. The van der Waals surface area contributed by atoms with Gasteiger partial charge in [0, 0.05) is 10.0 Å². The van der Waals surface area contributed by atoms with Crippen molar-refractivity contribution in [3.63, 3.8) is 0 Å². The van der Waals surface area contributed by atoms with E-state index in [1.807, 2.05) is 13.8 Å². The molecule has 0 aliphatic carbocycles. The Kier molecular flexibility index (Phi) is 7.20. The molecule has 0 aromatic heterocycles. The predicted molar refractivity (Wildman–Crippen MR) is 104 cm³/mol. The molecule has 4 N–H and O–H groups in total. The van der Waals surface area contributed by atoms with Gasteiger partial charge in [-0.1, -0.05) is 29.8 Å². The van der Waals surface area contributed by atoms with Crippen molar-refractivity contribution in [3.05, 3.63) is 28.2 Å². The first-order chi connectivity index (χ1) is 11.8. The molecule has 7 nitrogen and oxygen atoms in total. The topological polar surface area (TPSA) is 113 Å². The number of amides is 3. The van der Waals surface area contributed by atoms with Crippen molar-refractivity contribution in [1.82, 2.24) is 4.90 Å². The zero-order chi connectivity index (χ0) is 20.2. The van der Waals surface area contributed by atoms with E-state index in [0.717, 1.165) is 4.90 Å². The summed E-state index contributed by atoms with van der Waals surface area (Å²) in [5, 5.41) is 12.3. The maximum atomic E-state index is 12.9. The van der Waals surface area contributed by atoms with Gasteiger partial charge >= 0.3 is 6.09 Å². The van der Waals surface area contributed by atoms with E-state index in [4.69, 9.17) is 5.73 Å². The maximum absolute atomic E-state index is 12.9. The summed E-state index contributed by atoms with van der Waals surface area (Å²) in [6.07, 6.45) is -0.832. The van der Waals surface area contributed by atoms with Gasteiger partial charge < -0.3 is 16.2 Å². The van der Waals surface area contributed by atoms with Crippen LogP contribution in [0.5, 0.6) is 0 Å². The summed E-state index contributed by atoms with van der Waals surface area (Å²) in [5.41, 5.74) is 5.00. The van der Waals surface area contributed by atoms with Gasteiger partial charge in [0.05, 0.1) is 11.3 Å². The van der Waals surface area contributed by atoms with E-state index in [-0.39, 0.29) is 17.2 Å². The third-order valence-electron chi connectivity index (χ3n) is 3.74. The zero-order valence-electron chi connectivity index (χ0n) is 15.7. The van der Waals surface area contributed by atoms with Gasteiger partial charge in [-0.05, 0) is 51.3 Å². The molecule has 26 heavy (non-hydrogen) atoms. The van der Waals surface area contributed by atoms with Gasteiger partial charge in [-0.3, -0.25) is 14.5 Å². The van der Waals surface area contributed by atoms with Crippen LogP contribution < -0.4 is 11.1 Å². The summed E-state index contributed by atoms with van der Waals surface area (Å²) in [6, 6.07) is 3.82. The monoisotopic (exact) mass is 427 g/mol. The number of anilines is 1. The van der Waals surface area contributed by atoms with Crippen molar-refractivity contribution < 1.29 is 19.5 Å². The minimum Gasteiger partial charge on any atom is -0.465 e. The normalized spacial score (nSPS) is 12.6. The van der Waals surface area contributed by atoms with Crippen molar-refractivity contribution in [1.29, 1.82) is 0 Å². The molecular weight excluding hydrogens is 402 g/mol. The Labute approximate surface area is 162 Å². The fourth-order valence-corrected chi connectivity index (χ4v) is 3.07. The molecule has 0 fully saturated rings. The number of primary amides is 1. The second-order valence-corrected chi connectivity index (χ2v) is 8.43. The number of carbonyl (C=O) groups is 3. The quantitative estimate of drug-likeness (QED) is 0.642. The molecule has 0 bridgehead atoms. The van der Waals surface area contributed by atoms with Crippen LogP contribution in [0.4, 0.5) is 10.5 Å². The average molecular weight is 428 g/mol. The van der Waals surface area contributed by atoms with Crippen molar-refractivity contribution in [2.45, 2.75) is 52.6 Å². The zero-order valence-corrected chi connectivity index (χ0v) is 17.3. The van der Waals surface area contributed by atoms with Crippen LogP contribution in [0.2, 0.25) is 0 Å². The number of carboxylic acid groups (broad SMARTS) is 1. The third-order valence-corrected chi connectivity index (χ3v) is 4.24. The fourth-order valence-electron chi connectivity index (χ4n) is 2.71. The van der Waals surface area contributed by atoms with Crippen LogP contribution in [0.15, 0.2) is 22.7 Å². The molecule has 1 atom stereocenters. The SMILES string of the molecule is CC(C)C[C@H](C(=O)Nc1ccc(Br)cc1C(N)=O)N(C(=O)O)C(C)(C)C. The van der Waals surface area contributed by atoms with E-state index in [1.165, 1.54) is 6.07 Å². The van der Waals surface area contributed by atoms with Gasteiger partial charge in [0.15, 0.2) is 0 Å². The molecule has 0 aliphatic heterocycles. The molecule has 3 amide bonds. The van der Waals surface area contributed by atoms with Crippen molar-refractivity contribution in [3.8, 4) is 0 Å². The lowest BCUT2D eigenvalue weighted by Gasteiger charge is -2.39. The summed E-state index contributed by atoms with van der Waals surface area (Å²) in [6.45, 7) is 9.03. The van der Waals surface area contributed by atoms with Gasteiger partial charge in [-0.15, -0.1) is 0 Å². The number of halogens is 1. The van der Waals surface area contributed by atoms with Crippen LogP contribution in [0.3, 0.4) is 0 Å². The molecule has 144 valence electrons. The van der Waals surface area contributed by atoms with Crippen molar-refractivity contribution in [2.75, 3.05) is 5.32 Å². The van der Waals surface area contributed by atoms with E-state index in [1.54, 1.807) is 32.9 Å². The van der Waals surface area contributed by atoms with E-state index in [2.05, 4.69) is 21.2 Å². The lowest BCUT2D eigenvalue weighted by molar-refractivity contribution is -0.123. The smallest absolute Gasteiger partial charge is 0.408 e. The Bertz CT molecular complexity index is 698.